The lowest BCUT2D eigenvalue weighted by molar-refractivity contribution is -0.137. The Labute approximate surface area is 225 Å². The lowest BCUT2D eigenvalue weighted by atomic mass is 9.96. The van der Waals surface area contributed by atoms with Crippen LogP contribution in [0.25, 0.3) is 11.6 Å². The topological polar surface area (TPSA) is 115 Å². The highest BCUT2D eigenvalue weighted by atomic mass is 32.1. The van der Waals surface area contributed by atoms with Gasteiger partial charge in [-0.2, -0.15) is 13.2 Å². The van der Waals surface area contributed by atoms with Crippen LogP contribution < -0.4 is 10.6 Å². The van der Waals surface area contributed by atoms with Gasteiger partial charge < -0.3 is 19.8 Å². The number of hydrogen-bond donors (Lipinski definition) is 2. The van der Waals surface area contributed by atoms with Gasteiger partial charge in [0.05, 0.1) is 11.8 Å². The van der Waals surface area contributed by atoms with E-state index in [9.17, 15) is 18.0 Å². The smallest absolute Gasteiger partial charge is 0.402 e. The van der Waals surface area contributed by atoms with Crippen molar-refractivity contribution in [2.24, 2.45) is 4.99 Å². The summed E-state index contributed by atoms with van der Waals surface area (Å²) < 4.78 is 51.0. The molecule has 4 aromatic rings. The molecule has 202 valence electrons. The fraction of sp³-hybridized carbons (Fsp3) is 0.269. The minimum Gasteiger partial charge on any atom is -0.402 e. The van der Waals surface area contributed by atoms with Crippen LogP contribution in [0.3, 0.4) is 0 Å². The van der Waals surface area contributed by atoms with Gasteiger partial charge in [-0.25, -0.2) is 4.98 Å². The Morgan fingerprint density at radius 3 is 2.62 bits per heavy atom. The Kier molecular flexibility index (Phi) is 7.44. The molecule has 9 nitrogen and oxygen atoms in total. The summed E-state index contributed by atoms with van der Waals surface area (Å²) in [4.78, 5) is 21.6. The Hall–Kier alpha value is -4.10. The van der Waals surface area contributed by atoms with E-state index >= 15 is 0 Å². The van der Waals surface area contributed by atoms with Gasteiger partial charge in [0.15, 0.2) is 17.6 Å². The number of thiazole rings is 1. The van der Waals surface area contributed by atoms with E-state index in [1.165, 1.54) is 7.11 Å². The number of carbonyl (C=O) groups excluding carboxylic acids is 1. The lowest BCUT2D eigenvalue weighted by Crippen LogP contribution is -2.29. The number of carbonyl (C=O) groups is 1. The Balaban J connectivity index is 1.46. The first-order chi connectivity index (χ1) is 18.7. The van der Waals surface area contributed by atoms with Gasteiger partial charge in [-0.3, -0.25) is 9.79 Å². The monoisotopic (exact) mass is 556 g/mol. The van der Waals surface area contributed by atoms with Gasteiger partial charge in [-0.15, -0.1) is 5.10 Å². The van der Waals surface area contributed by atoms with Gasteiger partial charge in [0.1, 0.15) is 5.00 Å². The van der Waals surface area contributed by atoms with Crippen molar-refractivity contribution in [1.82, 2.24) is 15.2 Å². The van der Waals surface area contributed by atoms with Crippen LogP contribution in [0, 0.1) is 0 Å². The van der Waals surface area contributed by atoms with Gasteiger partial charge in [-0.05, 0) is 12.5 Å². The summed E-state index contributed by atoms with van der Waals surface area (Å²) in [5.41, 5.74) is 2.94. The van der Waals surface area contributed by atoms with Gasteiger partial charge in [-0.1, -0.05) is 71.0 Å². The third-order valence-electron chi connectivity index (χ3n) is 5.96. The van der Waals surface area contributed by atoms with Crippen molar-refractivity contribution in [3.8, 4) is 11.6 Å². The van der Waals surface area contributed by atoms with E-state index in [0.29, 0.717) is 17.0 Å². The third kappa shape index (κ3) is 5.83. The quantitative estimate of drug-likeness (QED) is 0.310. The molecular formula is C26H23F3N6O3S. The number of halogens is 3. The molecule has 39 heavy (non-hydrogen) atoms. The summed E-state index contributed by atoms with van der Waals surface area (Å²) in [6.07, 6.45) is -5.88. The van der Waals surface area contributed by atoms with Gasteiger partial charge in [0.25, 0.3) is 5.89 Å². The molecule has 0 amide bonds. The van der Waals surface area contributed by atoms with E-state index in [1.54, 1.807) is 6.92 Å². The highest BCUT2D eigenvalue weighted by Crippen LogP contribution is 2.40. The maximum Gasteiger partial charge on any atom is 0.443 e. The second-order valence-corrected chi connectivity index (χ2v) is 9.72. The number of benzene rings is 2. The number of ether oxygens (including phenoxy) is 1. The van der Waals surface area contributed by atoms with E-state index in [0.717, 1.165) is 16.7 Å². The van der Waals surface area contributed by atoms with Gasteiger partial charge >= 0.3 is 12.2 Å². The number of rotatable bonds is 8. The summed E-state index contributed by atoms with van der Waals surface area (Å²) in [6, 6.07) is 16.8. The molecule has 2 N–H and O–H groups in total. The van der Waals surface area contributed by atoms with E-state index in [-0.39, 0.29) is 47.5 Å². The van der Waals surface area contributed by atoms with E-state index < -0.39 is 17.3 Å². The van der Waals surface area contributed by atoms with Crippen LogP contribution in [0.4, 0.5) is 24.2 Å². The number of hydrogen-bond acceptors (Lipinski definition) is 10. The largest absolute Gasteiger partial charge is 0.443 e. The Bertz CT molecular complexity index is 1500. The minimum atomic E-state index is -4.66. The first-order valence-electron chi connectivity index (χ1n) is 11.9. The van der Waals surface area contributed by atoms with Crippen molar-refractivity contribution in [3.05, 3.63) is 76.3 Å². The number of alkyl halides is 3. The van der Waals surface area contributed by atoms with Crippen molar-refractivity contribution in [2.45, 2.75) is 31.8 Å². The summed E-state index contributed by atoms with van der Waals surface area (Å²) >= 11 is 0.426. The van der Waals surface area contributed by atoms with Crippen LogP contribution in [-0.2, 0) is 22.1 Å². The zero-order chi connectivity index (χ0) is 27.6. The standard InChI is InChI=1S/C26H23F3N6O3S/c1-14(37-2)13-30-23-20(32-24(39-23)26(27,28)29)22-34-35-25(38-22)33-21-18(36)12-16-10-6-7-11-17(16)19(31-21)15-8-4-3-5-9-15/h3-11,14,21,30H,12-13H2,1-2H3,(H,33,35)/t14-,21+/m0/s1. The van der Waals surface area contributed by atoms with Crippen LogP contribution in [0.5, 0.6) is 0 Å². The van der Waals surface area contributed by atoms with Crippen molar-refractivity contribution in [1.29, 1.82) is 0 Å². The van der Waals surface area contributed by atoms with Crippen LogP contribution in [0.15, 0.2) is 64.0 Å². The number of nitrogens with zero attached hydrogens (tertiary/aromatic N) is 4. The maximum atomic E-state index is 13.4. The molecule has 0 saturated carbocycles. The number of Topliss-reactive ketones (excluding diaryl/α,β-unsaturated/α-hetero) is 1. The average molecular weight is 557 g/mol. The average Bonchev–Trinajstić information content (AvgIpc) is 3.54. The molecule has 2 atom stereocenters. The van der Waals surface area contributed by atoms with Gasteiger partial charge in [0.2, 0.25) is 5.01 Å². The van der Waals surface area contributed by atoms with Crippen molar-refractivity contribution in [3.63, 3.8) is 0 Å². The minimum absolute atomic E-state index is 0.104. The number of anilines is 2. The predicted molar refractivity (Wildman–Crippen MR) is 140 cm³/mol. The van der Waals surface area contributed by atoms with Crippen molar-refractivity contribution >= 4 is 33.8 Å². The third-order valence-corrected chi connectivity index (χ3v) is 7.02. The van der Waals surface area contributed by atoms with Crippen LogP contribution in [0.2, 0.25) is 0 Å². The molecule has 13 heteroatoms. The fourth-order valence-corrected chi connectivity index (χ4v) is 4.75. The highest BCUT2D eigenvalue weighted by Gasteiger charge is 2.37. The molecule has 1 aliphatic heterocycles. The number of ketones is 1. The molecule has 0 saturated heterocycles. The molecule has 3 heterocycles. The van der Waals surface area contributed by atoms with E-state index in [1.807, 2.05) is 54.6 Å². The molecule has 1 aliphatic rings. The number of nitrogens with one attached hydrogen (secondary N) is 2. The summed E-state index contributed by atoms with van der Waals surface area (Å²) in [5.74, 6) is -0.481. The fourth-order valence-electron chi connectivity index (χ4n) is 3.92. The van der Waals surface area contributed by atoms with Crippen LogP contribution in [0.1, 0.15) is 28.6 Å². The van der Waals surface area contributed by atoms with Crippen molar-refractivity contribution in [2.75, 3.05) is 24.3 Å². The maximum absolute atomic E-state index is 13.4. The zero-order valence-corrected chi connectivity index (χ0v) is 21.6. The molecule has 0 unspecified atom stereocenters. The molecule has 5 rings (SSSR count). The Morgan fingerprint density at radius 1 is 1.13 bits per heavy atom. The van der Waals surface area contributed by atoms with Gasteiger partial charge in [0, 0.05) is 31.2 Å². The first-order valence-corrected chi connectivity index (χ1v) is 12.7. The number of methoxy groups -OCH3 is 1. The van der Waals surface area contributed by atoms with Crippen LogP contribution >= 0.6 is 11.3 Å². The number of aromatic nitrogens is 3. The summed E-state index contributed by atoms with van der Waals surface area (Å²) in [5, 5.41) is 12.6. The second kappa shape index (κ2) is 10.9. The molecule has 2 aromatic carbocycles. The number of fused-ring (bicyclic) bond motifs is 1. The molecule has 0 aliphatic carbocycles. The van der Waals surface area contributed by atoms with E-state index in [2.05, 4.69) is 25.8 Å². The molecule has 0 radical (unpaired) electrons. The second-order valence-electron chi connectivity index (χ2n) is 8.72. The van der Waals surface area contributed by atoms with E-state index in [4.69, 9.17) is 14.1 Å². The highest BCUT2D eigenvalue weighted by molar-refractivity contribution is 7.16. The molecule has 0 spiro atoms. The molecule has 0 fully saturated rings. The summed E-state index contributed by atoms with van der Waals surface area (Å²) in [6.45, 7) is 2.00. The molecular weight excluding hydrogens is 533 g/mol. The SMILES string of the molecule is CO[C@@H](C)CNc1sc(C(F)(F)F)nc1-c1nnc(N[C@H]2N=C(c3ccccc3)c3ccccc3CC2=O)o1. The van der Waals surface area contributed by atoms with Crippen LogP contribution in [-0.4, -0.2) is 52.6 Å². The Morgan fingerprint density at radius 2 is 1.87 bits per heavy atom. The predicted octanol–water partition coefficient (Wildman–Crippen LogP) is 5.06. The molecule has 2 aromatic heterocycles. The first kappa shape index (κ1) is 26.5. The summed E-state index contributed by atoms with van der Waals surface area (Å²) in [7, 11) is 1.50. The zero-order valence-electron chi connectivity index (χ0n) is 20.8. The number of aliphatic imine (C=N–C) groups is 1. The normalized spacial score (nSPS) is 16.3. The lowest BCUT2D eigenvalue weighted by Gasteiger charge is -2.12. The van der Waals surface area contributed by atoms with Crippen molar-refractivity contribution < 1.29 is 27.1 Å². The molecule has 0 bridgehead atoms.